The van der Waals surface area contributed by atoms with E-state index in [0.717, 1.165) is 19.1 Å². The quantitative estimate of drug-likeness (QED) is 0.898. The van der Waals surface area contributed by atoms with Gasteiger partial charge in [-0.05, 0) is 61.8 Å². The van der Waals surface area contributed by atoms with E-state index >= 15 is 0 Å². The highest BCUT2D eigenvalue weighted by Crippen LogP contribution is 2.29. The SMILES string of the molecule is CNCCC1CCCCN1Cc1csc2ccccc12. The molecular formula is C17H24N2S. The molecule has 0 radical (unpaired) electrons. The minimum atomic E-state index is 0.759. The zero-order valence-corrected chi connectivity index (χ0v) is 13.1. The van der Waals surface area contributed by atoms with Crippen LogP contribution in [0.15, 0.2) is 29.6 Å². The number of rotatable bonds is 5. The Labute approximate surface area is 125 Å². The summed E-state index contributed by atoms with van der Waals surface area (Å²) >= 11 is 1.88. The summed E-state index contributed by atoms with van der Waals surface area (Å²) in [7, 11) is 2.06. The first-order valence-electron chi connectivity index (χ1n) is 7.72. The number of likely N-dealkylation sites (tertiary alicyclic amines) is 1. The van der Waals surface area contributed by atoms with E-state index in [4.69, 9.17) is 0 Å². The van der Waals surface area contributed by atoms with Crippen molar-refractivity contribution < 1.29 is 0 Å². The van der Waals surface area contributed by atoms with E-state index in [1.165, 1.54) is 47.9 Å². The van der Waals surface area contributed by atoms with Crippen LogP contribution in [0.5, 0.6) is 0 Å². The Bertz CT molecular complexity index is 549. The molecule has 0 bridgehead atoms. The van der Waals surface area contributed by atoms with Gasteiger partial charge in [0.1, 0.15) is 0 Å². The smallest absolute Gasteiger partial charge is 0.0346 e. The summed E-state index contributed by atoms with van der Waals surface area (Å²) in [5.41, 5.74) is 1.52. The minimum Gasteiger partial charge on any atom is -0.320 e. The third-order valence-electron chi connectivity index (χ3n) is 4.41. The van der Waals surface area contributed by atoms with Crippen LogP contribution in [0, 0.1) is 0 Å². The maximum Gasteiger partial charge on any atom is 0.0346 e. The van der Waals surface area contributed by atoms with Crippen molar-refractivity contribution in [3.8, 4) is 0 Å². The van der Waals surface area contributed by atoms with Crippen molar-refractivity contribution in [3.63, 3.8) is 0 Å². The number of hydrogen-bond acceptors (Lipinski definition) is 3. The summed E-state index contributed by atoms with van der Waals surface area (Å²) < 4.78 is 1.42. The first-order chi connectivity index (χ1) is 9.88. The molecule has 20 heavy (non-hydrogen) atoms. The lowest BCUT2D eigenvalue weighted by atomic mass is 9.98. The summed E-state index contributed by atoms with van der Waals surface area (Å²) in [5, 5.41) is 7.11. The molecular weight excluding hydrogens is 264 g/mol. The lowest BCUT2D eigenvalue weighted by Crippen LogP contribution is -2.40. The second-order valence-electron chi connectivity index (χ2n) is 5.77. The molecule has 108 valence electrons. The maximum atomic E-state index is 3.30. The Morgan fingerprint density at radius 1 is 1.30 bits per heavy atom. The van der Waals surface area contributed by atoms with Crippen molar-refractivity contribution in [2.75, 3.05) is 20.1 Å². The summed E-state index contributed by atoms with van der Waals surface area (Å²) in [6.45, 7) is 3.52. The van der Waals surface area contributed by atoms with Gasteiger partial charge in [0.05, 0.1) is 0 Å². The fraction of sp³-hybridized carbons (Fsp3) is 0.529. The van der Waals surface area contributed by atoms with Gasteiger partial charge >= 0.3 is 0 Å². The average molecular weight is 288 g/mol. The number of nitrogens with one attached hydrogen (secondary N) is 1. The number of benzene rings is 1. The van der Waals surface area contributed by atoms with Gasteiger partial charge in [-0.3, -0.25) is 4.90 Å². The first kappa shape index (κ1) is 14.1. The Kier molecular flexibility index (Phi) is 4.71. The summed E-state index contributed by atoms with van der Waals surface area (Å²) in [4.78, 5) is 2.70. The predicted molar refractivity (Wildman–Crippen MR) is 88.4 cm³/mol. The Hall–Kier alpha value is -0.900. The van der Waals surface area contributed by atoms with Gasteiger partial charge in [0.15, 0.2) is 0 Å². The zero-order valence-electron chi connectivity index (χ0n) is 12.3. The van der Waals surface area contributed by atoms with Gasteiger partial charge in [0, 0.05) is 17.3 Å². The molecule has 1 atom stereocenters. The van der Waals surface area contributed by atoms with Crippen LogP contribution in [-0.4, -0.2) is 31.1 Å². The molecule has 0 saturated carbocycles. The van der Waals surface area contributed by atoms with Gasteiger partial charge in [-0.25, -0.2) is 0 Å². The van der Waals surface area contributed by atoms with Gasteiger partial charge in [0.25, 0.3) is 0 Å². The summed E-state index contributed by atoms with van der Waals surface area (Å²) in [6.07, 6.45) is 5.40. The van der Waals surface area contributed by atoms with Crippen molar-refractivity contribution in [2.24, 2.45) is 0 Å². The van der Waals surface area contributed by atoms with E-state index in [2.05, 4.69) is 46.9 Å². The molecule has 1 unspecified atom stereocenters. The zero-order chi connectivity index (χ0) is 13.8. The Balaban J connectivity index is 1.74. The van der Waals surface area contributed by atoms with Crippen LogP contribution in [0.1, 0.15) is 31.2 Å². The molecule has 1 aliphatic rings. The van der Waals surface area contributed by atoms with E-state index in [-0.39, 0.29) is 0 Å². The fourth-order valence-electron chi connectivity index (χ4n) is 3.28. The highest BCUT2D eigenvalue weighted by atomic mass is 32.1. The number of fused-ring (bicyclic) bond motifs is 1. The molecule has 3 heteroatoms. The molecule has 1 aliphatic heterocycles. The molecule has 0 amide bonds. The number of nitrogens with zero attached hydrogens (tertiary/aromatic N) is 1. The van der Waals surface area contributed by atoms with Gasteiger partial charge < -0.3 is 5.32 Å². The highest BCUT2D eigenvalue weighted by Gasteiger charge is 2.22. The summed E-state index contributed by atoms with van der Waals surface area (Å²) in [5.74, 6) is 0. The molecule has 2 aromatic rings. The van der Waals surface area contributed by atoms with E-state index in [9.17, 15) is 0 Å². The van der Waals surface area contributed by atoms with Gasteiger partial charge in [-0.2, -0.15) is 0 Å². The fourth-order valence-corrected chi connectivity index (χ4v) is 4.23. The van der Waals surface area contributed by atoms with Crippen LogP contribution >= 0.6 is 11.3 Å². The van der Waals surface area contributed by atoms with Crippen LogP contribution in [-0.2, 0) is 6.54 Å². The Morgan fingerprint density at radius 2 is 2.20 bits per heavy atom. The highest BCUT2D eigenvalue weighted by molar-refractivity contribution is 7.17. The molecule has 1 fully saturated rings. The molecule has 0 aliphatic carbocycles. The van der Waals surface area contributed by atoms with Gasteiger partial charge in [0.2, 0.25) is 0 Å². The largest absolute Gasteiger partial charge is 0.320 e. The van der Waals surface area contributed by atoms with Crippen molar-refractivity contribution >= 4 is 21.4 Å². The van der Waals surface area contributed by atoms with E-state index < -0.39 is 0 Å². The van der Waals surface area contributed by atoms with E-state index in [1.807, 2.05) is 11.3 Å². The first-order valence-corrected chi connectivity index (χ1v) is 8.60. The monoisotopic (exact) mass is 288 g/mol. The van der Waals surface area contributed by atoms with Crippen LogP contribution < -0.4 is 5.32 Å². The second-order valence-corrected chi connectivity index (χ2v) is 6.68. The number of hydrogen-bond donors (Lipinski definition) is 1. The standard InChI is InChI=1S/C17H24N2S/c1-18-10-9-15-6-4-5-11-19(15)12-14-13-20-17-8-3-2-7-16(14)17/h2-3,7-8,13,15,18H,4-6,9-12H2,1H3. The summed E-state index contributed by atoms with van der Waals surface area (Å²) in [6, 6.07) is 9.56. The normalized spacial score (nSPS) is 20.6. The van der Waals surface area contributed by atoms with Crippen LogP contribution in [0.3, 0.4) is 0 Å². The lowest BCUT2D eigenvalue weighted by Gasteiger charge is -2.35. The second kappa shape index (κ2) is 6.70. The van der Waals surface area contributed by atoms with Crippen LogP contribution in [0.4, 0.5) is 0 Å². The third kappa shape index (κ3) is 3.05. The molecule has 0 spiro atoms. The third-order valence-corrected chi connectivity index (χ3v) is 5.42. The van der Waals surface area contributed by atoms with E-state index in [1.54, 1.807) is 0 Å². The van der Waals surface area contributed by atoms with Gasteiger partial charge in [-0.1, -0.05) is 24.6 Å². The van der Waals surface area contributed by atoms with E-state index in [0.29, 0.717) is 0 Å². The lowest BCUT2D eigenvalue weighted by molar-refractivity contribution is 0.133. The topological polar surface area (TPSA) is 15.3 Å². The average Bonchev–Trinajstić information content (AvgIpc) is 2.90. The number of piperidine rings is 1. The van der Waals surface area contributed by atoms with Crippen LogP contribution in [0.2, 0.25) is 0 Å². The van der Waals surface area contributed by atoms with Crippen molar-refractivity contribution in [2.45, 2.75) is 38.3 Å². The Morgan fingerprint density at radius 3 is 3.10 bits per heavy atom. The molecule has 2 nitrogen and oxygen atoms in total. The molecule has 1 aromatic heterocycles. The number of thiophene rings is 1. The maximum absolute atomic E-state index is 3.30. The molecule has 3 rings (SSSR count). The molecule has 1 aromatic carbocycles. The van der Waals surface area contributed by atoms with Crippen molar-refractivity contribution in [3.05, 3.63) is 35.2 Å². The molecule has 1 N–H and O–H groups in total. The van der Waals surface area contributed by atoms with Crippen molar-refractivity contribution in [1.82, 2.24) is 10.2 Å². The molecule has 2 heterocycles. The van der Waals surface area contributed by atoms with Gasteiger partial charge in [-0.15, -0.1) is 11.3 Å². The minimum absolute atomic E-state index is 0.759. The predicted octanol–water partition coefficient (Wildman–Crippen LogP) is 3.87. The van der Waals surface area contributed by atoms with Crippen molar-refractivity contribution in [1.29, 1.82) is 0 Å². The molecule has 1 saturated heterocycles. The van der Waals surface area contributed by atoms with Crippen LogP contribution in [0.25, 0.3) is 10.1 Å².